The SMILES string of the molecule is CC1(C)CC(=O)C2=C(C1)OC1=C(C(=O)CC(C)(C)C1)C2c1ccc(OC(=O)c2ccc([N+](=O)[O-])cc2)cc1. The predicted molar refractivity (Wildman–Crippen MR) is 138 cm³/mol. The van der Waals surface area contributed by atoms with Crippen LogP contribution in [0.15, 0.2) is 71.2 Å². The van der Waals surface area contributed by atoms with E-state index in [0.717, 1.165) is 5.56 Å². The van der Waals surface area contributed by atoms with Crippen molar-refractivity contribution in [3.63, 3.8) is 0 Å². The van der Waals surface area contributed by atoms with E-state index in [0.29, 0.717) is 48.3 Å². The second-order valence-corrected chi connectivity index (χ2v) is 11.9. The van der Waals surface area contributed by atoms with Gasteiger partial charge in [0, 0.05) is 54.9 Å². The molecule has 2 aliphatic carbocycles. The highest BCUT2D eigenvalue weighted by atomic mass is 16.6. The van der Waals surface area contributed by atoms with Crippen molar-refractivity contribution in [2.24, 2.45) is 10.8 Å². The summed E-state index contributed by atoms with van der Waals surface area (Å²) in [6.07, 6.45) is 1.97. The van der Waals surface area contributed by atoms with Crippen molar-refractivity contribution in [3.8, 4) is 5.75 Å². The van der Waals surface area contributed by atoms with Crippen LogP contribution < -0.4 is 4.74 Å². The number of carbonyl (C=O) groups excluding carboxylic acids is 3. The normalized spacial score (nSPS) is 20.4. The van der Waals surface area contributed by atoms with E-state index in [2.05, 4.69) is 0 Å². The van der Waals surface area contributed by atoms with Gasteiger partial charge in [-0.3, -0.25) is 19.7 Å². The number of non-ortho nitro benzene ring substituents is 1. The summed E-state index contributed by atoms with van der Waals surface area (Å²) in [5.74, 6) is 0.366. The standard InChI is InChI=1S/C30H29NO7/c1-29(2)13-21(32)26-23(15-29)38-24-16-30(3,4)14-22(33)27(24)25(26)17-7-11-20(12-8-17)37-28(34)18-5-9-19(10-6-18)31(35)36/h5-12,25H,13-16H2,1-4H3. The Balaban J connectivity index is 1.47. The number of esters is 1. The van der Waals surface area contributed by atoms with Gasteiger partial charge in [0.15, 0.2) is 11.6 Å². The van der Waals surface area contributed by atoms with E-state index in [-0.39, 0.29) is 39.4 Å². The highest BCUT2D eigenvalue weighted by molar-refractivity contribution is 6.06. The van der Waals surface area contributed by atoms with Gasteiger partial charge in [0.05, 0.1) is 10.5 Å². The van der Waals surface area contributed by atoms with Crippen LogP contribution in [0.25, 0.3) is 0 Å². The first kappa shape index (κ1) is 25.6. The Hall–Kier alpha value is -4.07. The molecular weight excluding hydrogens is 486 g/mol. The molecule has 1 heterocycles. The predicted octanol–water partition coefficient (Wildman–Crippen LogP) is 6.21. The highest BCUT2D eigenvalue weighted by Gasteiger charge is 2.47. The maximum Gasteiger partial charge on any atom is 0.343 e. The van der Waals surface area contributed by atoms with Crippen LogP contribution in [-0.2, 0) is 14.3 Å². The zero-order valence-corrected chi connectivity index (χ0v) is 21.8. The van der Waals surface area contributed by atoms with E-state index in [1.54, 1.807) is 24.3 Å². The van der Waals surface area contributed by atoms with Crippen molar-refractivity contribution in [2.75, 3.05) is 0 Å². The van der Waals surface area contributed by atoms with Gasteiger partial charge in [-0.15, -0.1) is 0 Å². The first-order valence-corrected chi connectivity index (χ1v) is 12.6. The van der Waals surface area contributed by atoms with Gasteiger partial charge in [-0.05, 0) is 40.7 Å². The minimum Gasteiger partial charge on any atom is -0.465 e. The average Bonchev–Trinajstić information content (AvgIpc) is 2.81. The number of rotatable bonds is 4. The summed E-state index contributed by atoms with van der Waals surface area (Å²) < 4.78 is 11.8. The lowest BCUT2D eigenvalue weighted by Gasteiger charge is -2.42. The Morgan fingerprint density at radius 2 is 1.34 bits per heavy atom. The topological polar surface area (TPSA) is 113 Å². The van der Waals surface area contributed by atoms with Crippen LogP contribution in [0.2, 0.25) is 0 Å². The molecule has 5 rings (SSSR count). The fraction of sp³-hybridized carbons (Fsp3) is 0.367. The quantitative estimate of drug-likeness (QED) is 0.206. The lowest BCUT2D eigenvalue weighted by molar-refractivity contribution is -0.384. The molecule has 0 aromatic heterocycles. The van der Waals surface area contributed by atoms with Crippen LogP contribution >= 0.6 is 0 Å². The second kappa shape index (κ2) is 9.04. The molecule has 0 bridgehead atoms. The molecule has 0 saturated heterocycles. The van der Waals surface area contributed by atoms with Crippen molar-refractivity contribution >= 4 is 23.2 Å². The number of nitro benzene ring substituents is 1. The molecule has 8 heteroatoms. The van der Waals surface area contributed by atoms with Crippen molar-refractivity contribution in [1.29, 1.82) is 0 Å². The van der Waals surface area contributed by atoms with E-state index >= 15 is 0 Å². The molecule has 3 aliphatic rings. The third-order valence-electron chi connectivity index (χ3n) is 7.32. The van der Waals surface area contributed by atoms with Gasteiger partial charge >= 0.3 is 5.97 Å². The summed E-state index contributed by atoms with van der Waals surface area (Å²) in [5.41, 5.74) is 1.44. The summed E-state index contributed by atoms with van der Waals surface area (Å²) in [6, 6.07) is 12.0. The van der Waals surface area contributed by atoms with Crippen LogP contribution in [0, 0.1) is 20.9 Å². The van der Waals surface area contributed by atoms with Gasteiger partial charge in [0.25, 0.3) is 5.69 Å². The van der Waals surface area contributed by atoms with Crippen LogP contribution in [-0.4, -0.2) is 22.5 Å². The van der Waals surface area contributed by atoms with E-state index in [1.165, 1.54) is 24.3 Å². The molecule has 0 saturated carbocycles. The summed E-state index contributed by atoms with van der Waals surface area (Å²) in [6.45, 7) is 8.17. The van der Waals surface area contributed by atoms with Gasteiger partial charge < -0.3 is 9.47 Å². The number of hydrogen-bond acceptors (Lipinski definition) is 7. The first-order chi connectivity index (χ1) is 17.8. The van der Waals surface area contributed by atoms with Gasteiger partial charge in [0.1, 0.15) is 17.3 Å². The average molecular weight is 516 g/mol. The number of ketones is 2. The fourth-order valence-electron chi connectivity index (χ4n) is 5.62. The Morgan fingerprint density at radius 3 is 1.82 bits per heavy atom. The zero-order valence-electron chi connectivity index (χ0n) is 21.8. The van der Waals surface area contributed by atoms with Gasteiger partial charge in [-0.2, -0.15) is 0 Å². The zero-order chi connectivity index (χ0) is 27.4. The number of hydrogen-bond donors (Lipinski definition) is 0. The largest absolute Gasteiger partial charge is 0.465 e. The van der Waals surface area contributed by atoms with Crippen LogP contribution in [0.5, 0.6) is 5.75 Å². The molecule has 0 atom stereocenters. The molecule has 8 nitrogen and oxygen atoms in total. The lowest BCUT2D eigenvalue weighted by atomic mass is 9.65. The molecule has 0 spiro atoms. The molecular formula is C30H29NO7. The minimum absolute atomic E-state index is 0.0147. The fourth-order valence-corrected chi connectivity index (χ4v) is 5.62. The Kier molecular flexibility index (Phi) is 6.09. The van der Waals surface area contributed by atoms with Crippen molar-refractivity contribution in [3.05, 3.63) is 92.4 Å². The van der Waals surface area contributed by atoms with Crippen LogP contribution in [0.4, 0.5) is 5.69 Å². The van der Waals surface area contributed by atoms with Gasteiger partial charge in [-0.1, -0.05) is 39.8 Å². The molecule has 196 valence electrons. The summed E-state index contributed by atoms with van der Waals surface area (Å²) in [4.78, 5) is 49.6. The highest BCUT2D eigenvalue weighted by Crippen LogP contribution is 2.53. The first-order valence-electron chi connectivity index (χ1n) is 12.6. The Bertz CT molecular complexity index is 1370. The molecule has 0 N–H and O–H groups in total. The van der Waals surface area contributed by atoms with Crippen LogP contribution in [0.3, 0.4) is 0 Å². The lowest BCUT2D eigenvalue weighted by Crippen LogP contribution is -2.37. The van der Waals surface area contributed by atoms with E-state index in [4.69, 9.17) is 9.47 Å². The molecule has 38 heavy (non-hydrogen) atoms. The van der Waals surface area contributed by atoms with Crippen LogP contribution in [0.1, 0.15) is 75.2 Å². The maximum atomic E-state index is 13.4. The Labute approximate surface area is 220 Å². The third-order valence-corrected chi connectivity index (χ3v) is 7.32. The van der Waals surface area contributed by atoms with Crippen molar-refractivity contribution in [2.45, 2.75) is 59.3 Å². The van der Waals surface area contributed by atoms with Gasteiger partial charge in [0.2, 0.25) is 0 Å². The molecule has 2 aromatic rings. The number of allylic oxidation sites excluding steroid dienone is 4. The molecule has 0 fully saturated rings. The summed E-state index contributed by atoms with van der Waals surface area (Å²) in [5, 5.41) is 10.8. The van der Waals surface area contributed by atoms with E-state index in [1.807, 2.05) is 27.7 Å². The molecule has 0 radical (unpaired) electrons. The summed E-state index contributed by atoms with van der Waals surface area (Å²) >= 11 is 0. The smallest absolute Gasteiger partial charge is 0.343 e. The van der Waals surface area contributed by atoms with Crippen molar-refractivity contribution < 1.29 is 28.8 Å². The van der Waals surface area contributed by atoms with E-state index in [9.17, 15) is 24.5 Å². The second-order valence-electron chi connectivity index (χ2n) is 11.9. The molecule has 1 aliphatic heterocycles. The van der Waals surface area contributed by atoms with Crippen molar-refractivity contribution in [1.82, 2.24) is 0 Å². The summed E-state index contributed by atoms with van der Waals surface area (Å²) in [7, 11) is 0. The number of Topliss-reactive ketones (excluding diaryl/α,β-unsaturated/α-hetero) is 2. The minimum atomic E-state index is -0.650. The molecule has 0 unspecified atom stereocenters. The number of nitro groups is 1. The molecule has 2 aromatic carbocycles. The number of nitrogens with zero attached hydrogens (tertiary/aromatic N) is 1. The maximum absolute atomic E-state index is 13.4. The van der Waals surface area contributed by atoms with E-state index < -0.39 is 16.8 Å². The number of benzene rings is 2. The van der Waals surface area contributed by atoms with Gasteiger partial charge in [-0.25, -0.2) is 4.79 Å². The monoisotopic (exact) mass is 515 g/mol. The number of carbonyl (C=O) groups is 3. The molecule has 0 amide bonds. The third kappa shape index (κ3) is 4.78. The Morgan fingerprint density at radius 1 is 0.842 bits per heavy atom. The number of ether oxygens (including phenoxy) is 2.